The van der Waals surface area contributed by atoms with Crippen molar-refractivity contribution >= 4 is 5.91 Å². The van der Waals surface area contributed by atoms with Crippen molar-refractivity contribution in [3.8, 4) is 17.1 Å². The summed E-state index contributed by atoms with van der Waals surface area (Å²) in [6.45, 7) is 3.61. The van der Waals surface area contributed by atoms with Crippen LogP contribution in [0.4, 0.5) is 0 Å². The zero-order chi connectivity index (χ0) is 17.7. The predicted octanol–water partition coefficient (Wildman–Crippen LogP) is 3.74. The predicted molar refractivity (Wildman–Crippen MR) is 95.9 cm³/mol. The van der Waals surface area contributed by atoms with Crippen LogP contribution < -0.4 is 4.74 Å². The maximum absolute atomic E-state index is 13.1. The molecule has 3 aromatic rings. The molecule has 1 aromatic heterocycles. The van der Waals surface area contributed by atoms with Gasteiger partial charge in [-0.3, -0.25) is 4.79 Å². The molecule has 2 aromatic carbocycles. The number of ether oxygens (including phenoxy) is 1. The number of rotatable bonds is 1. The van der Waals surface area contributed by atoms with E-state index in [1.54, 1.807) is 0 Å². The highest BCUT2D eigenvalue weighted by Crippen LogP contribution is 2.39. The van der Waals surface area contributed by atoms with E-state index in [4.69, 9.17) is 9.26 Å². The summed E-state index contributed by atoms with van der Waals surface area (Å²) in [5.41, 5.74) is 5.59. The average molecular weight is 346 g/mol. The number of hydrogen-bond donors (Lipinski definition) is 0. The molecule has 0 saturated heterocycles. The van der Waals surface area contributed by atoms with Crippen LogP contribution in [0.25, 0.3) is 11.3 Å². The Morgan fingerprint density at radius 3 is 2.88 bits per heavy atom. The molecule has 5 rings (SSSR count). The van der Waals surface area contributed by atoms with Gasteiger partial charge in [-0.05, 0) is 36.6 Å². The molecule has 5 heteroatoms. The van der Waals surface area contributed by atoms with Gasteiger partial charge < -0.3 is 14.2 Å². The Labute approximate surface area is 151 Å². The van der Waals surface area contributed by atoms with E-state index in [-0.39, 0.29) is 5.91 Å². The highest BCUT2D eigenvalue weighted by atomic mass is 16.5. The van der Waals surface area contributed by atoms with Crippen LogP contribution in [0, 0.1) is 6.92 Å². The molecule has 0 fully saturated rings. The molecule has 0 unspecified atom stereocenters. The minimum atomic E-state index is -0.0933. The lowest BCUT2D eigenvalue weighted by Gasteiger charge is -2.28. The van der Waals surface area contributed by atoms with Gasteiger partial charge in [-0.25, -0.2) is 0 Å². The van der Waals surface area contributed by atoms with Crippen LogP contribution >= 0.6 is 0 Å². The molecule has 1 amide bonds. The summed E-state index contributed by atoms with van der Waals surface area (Å²) in [6.07, 6.45) is 0.862. The molecule has 2 aliphatic rings. The van der Waals surface area contributed by atoms with E-state index in [1.165, 1.54) is 11.1 Å². The number of aryl methyl sites for hydroxylation is 1. The van der Waals surface area contributed by atoms with Crippen LogP contribution in [0.1, 0.15) is 32.7 Å². The van der Waals surface area contributed by atoms with Crippen molar-refractivity contribution in [2.45, 2.75) is 26.5 Å². The highest BCUT2D eigenvalue weighted by Gasteiger charge is 2.32. The fourth-order valence-corrected chi connectivity index (χ4v) is 3.74. The van der Waals surface area contributed by atoms with E-state index < -0.39 is 0 Å². The van der Waals surface area contributed by atoms with Gasteiger partial charge in [-0.2, -0.15) is 0 Å². The van der Waals surface area contributed by atoms with Crippen LogP contribution in [-0.2, 0) is 19.6 Å². The van der Waals surface area contributed by atoms with Crippen molar-refractivity contribution in [3.05, 3.63) is 70.4 Å². The third-order valence-electron chi connectivity index (χ3n) is 5.16. The minimum absolute atomic E-state index is 0.0933. The van der Waals surface area contributed by atoms with Crippen molar-refractivity contribution in [1.82, 2.24) is 10.1 Å². The van der Waals surface area contributed by atoms with E-state index in [2.05, 4.69) is 17.3 Å². The van der Waals surface area contributed by atoms with Crippen molar-refractivity contribution in [2.24, 2.45) is 0 Å². The van der Waals surface area contributed by atoms with E-state index in [0.717, 1.165) is 28.9 Å². The van der Waals surface area contributed by atoms with E-state index in [1.807, 2.05) is 42.2 Å². The van der Waals surface area contributed by atoms with Gasteiger partial charge in [0.25, 0.3) is 5.91 Å². The molecule has 0 saturated carbocycles. The number of benzene rings is 2. The Hall–Kier alpha value is -3.08. The number of aromatic nitrogens is 1. The molecule has 0 radical (unpaired) electrons. The number of carbonyl (C=O) groups is 1. The number of hydrogen-bond acceptors (Lipinski definition) is 4. The van der Waals surface area contributed by atoms with Crippen LogP contribution in [0.5, 0.6) is 5.75 Å². The van der Waals surface area contributed by atoms with Crippen molar-refractivity contribution in [2.75, 3.05) is 6.54 Å². The Morgan fingerprint density at radius 2 is 2.00 bits per heavy atom. The summed E-state index contributed by atoms with van der Waals surface area (Å²) in [6, 6.07) is 14.2. The van der Waals surface area contributed by atoms with E-state index in [9.17, 15) is 4.79 Å². The standard InChI is InChI=1S/C21H18N2O3/c1-13-6-7-18-16(10-13)20-17(12-25-18)19(22-26-20)21(24)23-9-8-14-4-2-3-5-15(14)11-23/h2-7,10H,8-9,11-12H2,1H3. The maximum Gasteiger partial charge on any atom is 0.276 e. The summed E-state index contributed by atoms with van der Waals surface area (Å²) >= 11 is 0. The van der Waals surface area contributed by atoms with Crippen molar-refractivity contribution in [1.29, 1.82) is 0 Å². The van der Waals surface area contributed by atoms with Gasteiger partial charge in [-0.15, -0.1) is 0 Å². The van der Waals surface area contributed by atoms with Crippen molar-refractivity contribution < 1.29 is 14.1 Å². The molecule has 0 bridgehead atoms. The van der Waals surface area contributed by atoms with Crippen LogP contribution in [0.15, 0.2) is 47.0 Å². The number of carbonyl (C=O) groups excluding carboxylic acids is 1. The third-order valence-corrected chi connectivity index (χ3v) is 5.16. The molecular formula is C21H18N2O3. The number of amides is 1. The molecule has 2 aliphatic heterocycles. The maximum atomic E-state index is 13.1. The summed E-state index contributed by atoms with van der Waals surface area (Å²) in [7, 11) is 0. The zero-order valence-corrected chi connectivity index (χ0v) is 14.5. The van der Waals surface area contributed by atoms with Crippen LogP contribution in [-0.4, -0.2) is 22.5 Å². The third kappa shape index (κ3) is 2.31. The number of fused-ring (bicyclic) bond motifs is 4. The smallest absolute Gasteiger partial charge is 0.276 e. The second kappa shape index (κ2) is 5.73. The molecular weight excluding hydrogens is 328 g/mol. The molecule has 0 atom stereocenters. The summed E-state index contributed by atoms with van der Waals surface area (Å²) < 4.78 is 11.4. The lowest BCUT2D eigenvalue weighted by Crippen LogP contribution is -2.36. The molecule has 26 heavy (non-hydrogen) atoms. The zero-order valence-electron chi connectivity index (χ0n) is 14.5. The molecule has 0 spiro atoms. The molecule has 3 heterocycles. The molecule has 0 aliphatic carbocycles. The first kappa shape index (κ1) is 15.2. The van der Waals surface area contributed by atoms with Crippen molar-refractivity contribution in [3.63, 3.8) is 0 Å². The Balaban J connectivity index is 1.49. The van der Waals surface area contributed by atoms with Gasteiger partial charge in [-0.1, -0.05) is 41.1 Å². The first-order valence-electron chi connectivity index (χ1n) is 8.79. The van der Waals surface area contributed by atoms with Gasteiger partial charge >= 0.3 is 0 Å². The highest BCUT2D eigenvalue weighted by molar-refractivity contribution is 5.95. The SMILES string of the molecule is Cc1ccc2c(c1)-c1onc(C(=O)N3CCc4ccccc4C3)c1CO2. The Bertz CT molecular complexity index is 1020. The normalized spacial score (nSPS) is 14.9. The Morgan fingerprint density at radius 1 is 1.15 bits per heavy atom. The van der Waals surface area contributed by atoms with Gasteiger partial charge in [0.05, 0.1) is 11.1 Å². The monoisotopic (exact) mass is 346 g/mol. The lowest BCUT2D eigenvalue weighted by atomic mass is 9.98. The largest absolute Gasteiger partial charge is 0.488 e. The van der Waals surface area contributed by atoms with Gasteiger partial charge in [0, 0.05) is 13.1 Å². The van der Waals surface area contributed by atoms with Gasteiger partial charge in [0.2, 0.25) is 0 Å². The van der Waals surface area contributed by atoms with E-state index in [0.29, 0.717) is 31.2 Å². The summed E-state index contributed by atoms with van der Waals surface area (Å²) in [5.74, 6) is 1.32. The first-order chi connectivity index (χ1) is 12.7. The first-order valence-corrected chi connectivity index (χ1v) is 8.79. The van der Waals surface area contributed by atoms with Crippen LogP contribution in [0.2, 0.25) is 0 Å². The molecule has 130 valence electrons. The van der Waals surface area contributed by atoms with Crippen LogP contribution in [0.3, 0.4) is 0 Å². The summed E-state index contributed by atoms with van der Waals surface area (Å²) in [4.78, 5) is 14.9. The average Bonchev–Trinajstić information content (AvgIpc) is 3.11. The fraction of sp³-hybridized carbons (Fsp3) is 0.238. The topological polar surface area (TPSA) is 55.6 Å². The quantitative estimate of drug-likeness (QED) is 0.673. The summed E-state index contributed by atoms with van der Waals surface area (Å²) in [5, 5.41) is 4.11. The van der Waals surface area contributed by atoms with E-state index >= 15 is 0 Å². The molecule has 5 nitrogen and oxygen atoms in total. The number of nitrogens with zero attached hydrogens (tertiary/aromatic N) is 2. The second-order valence-electron chi connectivity index (χ2n) is 6.87. The van der Waals surface area contributed by atoms with Gasteiger partial charge in [0.15, 0.2) is 11.5 Å². The Kier molecular flexibility index (Phi) is 3.35. The lowest BCUT2D eigenvalue weighted by molar-refractivity contribution is 0.0722. The minimum Gasteiger partial charge on any atom is -0.488 e. The fourth-order valence-electron chi connectivity index (χ4n) is 3.74. The molecule has 0 N–H and O–H groups in total. The van der Waals surface area contributed by atoms with Gasteiger partial charge in [0.1, 0.15) is 12.4 Å². The second-order valence-corrected chi connectivity index (χ2v) is 6.87.